The van der Waals surface area contributed by atoms with Gasteiger partial charge in [0.2, 0.25) is 5.88 Å². The Bertz CT molecular complexity index is 2840. The van der Waals surface area contributed by atoms with Crippen LogP contribution in [0.5, 0.6) is 11.6 Å². The van der Waals surface area contributed by atoms with E-state index in [9.17, 15) is 14.7 Å². The van der Waals surface area contributed by atoms with Crippen LogP contribution in [-0.2, 0) is 22.7 Å². The SMILES string of the molecule is CC1(C)CC/C(=C\c2ccc(Cl)cc2)C1(O)Cn1cncn1.CCCN(CCOc1c(Cl)cc(Cl)cc1Cl)C(=O)n1ccnc1.COC(=O)N(OC)c1ccccc1COc1ccn(-c2ccc(Cl)cc2)n1. The minimum absolute atomic E-state index is 0.152. The Balaban J connectivity index is 0.000000178. The Morgan fingerprint density at radius 2 is 1.53 bits per heavy atom. The van der Waals surface area contributed by atoms with Crippen LogP contribution in [0.25, 0.3) is 11.8 Å². The summed E-state index contributed by atoms with van der Waals surface area (Å²) in [6.07, 6.45) is 13.7. The summed E-state index contributed by atoms with van der Waals surface area (Å²) in [6, 6.07) is 26.9. The van der Waals surface area contributed by atoms with Crippen LogP contribution in [-0.4, -0.2) is 95.7 Å². The Labute approximate surface area is 443 Å². The number of hydrogen-bond acceptors (Lipinski definition) is 11. The lowest BCUT2D eigenvalue weighted by Crippen LogP contribution is -2.45. The number of hydrogen-bond donors (Lipinski definition) is 1. The first-order chi connectivity index (χ1) is 34.5. The second-order valence-electron chi connectivity index (χ2n) is 16.8. The minimum atomic E-state index is -0.930. The van der Waals surface area contributed by atoms with Crippen LogP contribution >= 0.6 is 58.0 Å². The number of hydroxylamine groups is 1. The van der Waals surface area contributed by atoms with Crippen molar-refractivity contribution in [3.05, 3.63) is 170 Å². The maximum Gasteiger partial charge on any atom is 0.438 e. The van der Waals surface area contributed by atoms with E-state index in [4.69, 9.17) is 77.1 Å². The van der Waals surface area contributed by atoms with E-state index in [1.165, 1.54) is 31.4 Å². The summed E-state index contributed by atoms with van der Waals surface area (Å²) in [7, 11) is 2.68. The highest BCUT2D eigenvalue weighted by atomic mass is 35.5. The molecule has 1 N–H and O–H groups in total. The van der Waals surface area contributed by atoms with Gasteiger partial charge in [0, 0.05) is 51.8 Å². The van der Waals surface area contributed by atoms with Crippen molar-refractivity contribution in [2.45, 2.75) is 58.8 Å². The van der Waals surface area contributed by atoms with Crippen LogP contribution in [0, 0.1) is 5.41 Å². The van der Waals surface area contributed by atoms with Crippen LogP contribution in [0.2, 0.25) is 25.1 Å². The van der Waals surface area contributed by atoms with Crippen molar-refractivity contribution in [1.82, 2.24) is 39.0 Å². The van der Waals surface area contributed by atoms with Gasteiger partial charge in [0.1, 0.15) is 37.8 Å². The van der Waals surface area contributed by atoms with E-state index in [0.29, 0.717) is 62.1 Å². The van der Waals surface area contributed by atoms with Gasteiger partial charge in [0.15, 0.2) is 5.75 Å². The third kappa shape index (κ3) is 14.5. The summed E-state index contributed by atoms with van der Waals surface area (Å²) in [5, 5.41) is 23.5. The van der Waals surface area contributed by atoms with Gasteiger partial charge in [-0.15, -0.1) is 5.10 Å². The Morgan fingerprint density at radius 1 is 0.833 bits per heavy atom. The number of carbonyl (C=O) groups is 2. The van der Waals surface area contributed by atoms with Crippen molar-refractivity contribution in [3.63, 3.8) is 0 Å². The lowest BCUT2D eigenvalue weighted by Gasteiger charge is -2.37. The molecule has 380 valence electrons. The van der Waals surface area contributed by atoms with E-state index < -0.39 is 11.7 Å². The molecule has 2 amide bonds. The molecule has 0 aliphatic heterocycles. The summed E-state index contributed by atoms with van der Waals surface area (Å²) in [5.41, 5.74) is 3.09. The highest BCUT2D eigenvalue weighted by Crippen LogP contribution is 2.51. The van der Waals surface area contributed by atoms with Crippen molar-refractivity contribution < 1.29 is 33.7 Å². The molecule has 0 bridgehead atoms. The topological polar surface area (TPSA) is 164 Å². The summed E-state index contributed by atoms with van der Waals surface area (Å²) < 4.78 is 20.9. The summed E-state index contributed by atoms with van der Waals surface area (Å²) in [4.78, 5) is 38.9. The molecule has 21 heteroatoms. The maximum atomic E-state index is 12.3. The van der Waals surface area contributed by atoms with Crippen molar-refractivity contribution in [2.24, 2.45) is 5.41 Å². The average molecular weight is 1080 g/mol. The molecule has 3 aromatic heterocycles. The van der Waals surface area contributed by atoms with Crippen LogP contribution in [0.1, 0.15) is 51.2 Å². The molecular weight excluding hydrogens is 1030 g/mol. The molecule has 1 aliphatic rings. The van der Waals surface area contributed by atoms with E-state index in [2.05, 4.69) is 40.1 Å². The molecule has 7 aromatic rings. The fraction of sp³-hybridized carbons (Fsp3) is 0.294. The van der Waals surface area contributed by atoms with Crippen LogP contribution < -0.4 is 14.5 Å². The second-order valence-corrected chi connectivity index (χ2v) is 18.9. The Kier molecular flexibility index (Phi) is 20.0. The molecule has 0 spiro atoms. The van der Waals surface area contributed by atoms with Gasteiger partial charge in [-0.1, -0.05) is 115 Å². The van der Waals surface area contributed by atoms with Gasteiger partial charge in [-0.25, -0.2) is 28.9 Å². The molecule has 1 atom stereocenters. The van der Waals surface area contributed by atoms with Gasteiger partial charge in [0.05, 0.1) is 48.7 Å². The van der Waals surface area contributed by atoms with Gasteiger partial charge in [-0.3, -0.25) is 9.40 Å². The van der Waals surface area contributed by atoms with Gasteiger partial charge < -0.3 is 24.2 Å². The normalized spacial score (nSPS) is 15.2. The first-order valence-electron chi connectivity index (χ1n) is 22.6. The largest absolute Gasteiger partial charge is 0.489 e. The zero-order chi connectivity index (χ0) is 51.8. The fourth-order valence-electron chi connectivity index (χ4n) is 7.60. The number of imidazole rings is 1. The molecule has 1 unspecified atom stereocenters. The average Bonchev–Trinajstić information content (AvgIpc) is 4.21. The number of anilines is 1. The number of para-hydroxylation sites is 1. The molecule has 16 nitrogen and oxygen atoms in total. The smallest absolute Gasteiger partial charge is 0.438 e. The van der Waals surface area contributed by atoms with Gasteiger partial charge in [-0.2, -0.15) is 10.2 Å². The molecule has 1 aliphatic carbocycles. The van der Waals surface area contributed by atoms with E-state index in [1.807, 2.05) is 55.5 Å². The molecular formula is C51H54Cl5N9O7. The number of carbonyl (C=O) groups excluding carboxylic acids is 2. The van der Waals surface area contributed by atoms with E-state index >= 15 is 0 Å². The number of aliphatic hydroxyl groups is 1. The standard InChI is InChI=1S/C19H18ClN3O4.C17H20ClN3O.C15H16Cl3N3O2/c1-25-19(24)23(26-2)17-6-4-3-5-14(17)13-27-18-11-12-22(21-18)16-9-7-15(20)8-10-16;1-16(2)8-7-14(9-13-3-5-15(18)6-4-13)17(16,22)10-21-12-19-11-20-21;1-2-4-20(15(22)21-5-3-19-10-21)6-7-23-14-12(17)8-11(16)9-13(14)18/h3-12H,13H2,1-2H3;3-6,9,11-12,22H,7-8,10H2,1-2H3;3,5,8-10H,2,4,6-7H2,1H3/b;14-9+;. The summed E-state index contributed by atoms with van der Waals surface area (Å²) in [6.45, 7) is 8.11. The maximum absolute atomic E-state index is 12.3. The number of methoxy groups -OCH3 is 1. The van der Waals surface area contributed by atoms with E-state index in [0.717, 1.165) is 46.7 Å². The Morgan fingerprint density at radius 3 is 2.15 bits per heavy atom. The Hall–Kier alpha value is -6.11. The third-order valence-electron chi connectivity index (χ3n) is 11.6. The number of aromatic nitrogens is 7. The zero-order valence-corrected chi connectivity index (χ0v) is 43.9. The lowest BCUT2D eigenvalue weighted by atomic mass is 9.76. The highest BCUT2D eigenvalue weighted by Gasteiger charge is 2.51. The molecule has 0 radical (unpaired) electrons. The van der Waals surface area contributed by atoms with Crippen molar-refractivity contribution in [1.29, 1.82) is 0 Å². The number of halogens is 5. The molecule has 4 aromatic carbocycles. The molecule has 1 fully saturated rings. The second kappa shape index (κ2) is 26.0. The monoisotopic (exact) mass is 1080 g/mol. The number of ether oxygens (including phenoxy) is 3. The van der Waals surface area contributed by atoms with Crippen LogP contribution in [0.3, 0.4) is 0 Å². The summed E-state index contributed by atoms with van der Waals surface area (Å²) >= 11 is 29.8. The lowest BCUT2D eigenvalue weighted by molar-refractivity contribution is -0.0298. The first-order valence-corrected chi connectivity index (χ1v) is 24.4. The van der Waals surface area contributed by atoms with Crippen molar-refractivity contribution >= 4 is 81.9 Å². The van der Waals surface area contributed by atoms with Crippen LogP contribution in [0.4, 0.5) is 15.3 Å². The van der Waals surface area contributed by atoms with E-state index in [1.54, 1.807) is 81.6 Å². The van der Waals surface area contributed by atoms with Crippen molar-refractivity contribution in [2.75, 3.05) is 39.0 Å². The van der Waals surface area contributed by atoms with Crippen molar-refractivity contribution in [3.8, 4) is 17.3 Å². The van der Waals surface area contributed by atoms with Gasteiger partial charge in [0.25, 0.3) is 0 Å². The number of nitrogens with zero attached hydrogens (tertiary/aromatic N) is 9. The van der Waals surface area contributed by atoms with E-state index in [-0.39, 0.29) is 24.7 Å². The number of amides is 2. The van der Waals surface area contributed by atoms with Crippen LogP contribution in [0.15, 0.2) is 134 Å². The predicted octanol–water partition coefficient (Wildman–Crippen LogP) is 12.4. The molecule has 0 saturated heterocycles. The molecule has 3 heterocycles. The highest BCUT2D eigenvalue weighted by molar-refractivity contribution is 6.40. The van der Waals surface area contributed by atoms with Gasteiger partial charge >= 0.3 is 12.1 Å². The third-order valence-corrected chi connectivity index (χ3v) is 12.8. The predicted molar refractivity (Wildman–Crippen MR) is 281 cm³/mol. The molecule has 72 heavy (non-hydrogen) atoms. The minimum Gasteiger partial charge on any atom is -0.489 e. The van der Waals surface area contributed by atoms with Gasteiger partial charge in [-0.05, 0) is 90.4 Å². The number of benzene rings is 4. The zero-order valence-electron chi connectivity index (χ0n) is 40.2. The quantitative estimate of drug-likeness (QED) is 0.0972. The summed E-state index contributed by atoms with van der Waals surface area (Å²) in [5.74, 6) is 0.811. The first kappa shape index (κ1) is 55.2. The fourth-order valence-corrected chi connectivity index (χ4v) is 8.78. The molecule has 8 rings (SSSR count). The number of rotatable bonds is 15. The molecule has 1 saturated carbocycles.